The van der Waals surface area contributed by atoms with Crippen LogP contribution in [-0.2, 0) is 21.3 Å². The third kappa shape index (κ3) is 5.37. The fraction of sp³-hybridized carbons (Fsp3) is 0.500. The molecular formula is C14H21ClN4O3SSi. The Morgan fingerprint density at radius 3 is 2.54 bits per heavy atom. The van der Waals surface area contributed by atoms with Crippen molar-refractivity contribution in [1.29, 1.82) is 0 Å². The summed E-state index contributed by atoms with van der Waals surface area (Å²) in [5.74, 6) is 0.272. The largest absolute Gasteiger partial charge is 0.359 e. The maximum atomic E-state index is 11.9. The van der Waals surface area contributed by atoms with Gasteiger partial charge in [0.2, 0.25) is 15.0 Å². The first-order valence-electron chi connectivity index (χ1n) is 7.41. The number of ether oxygens (including phenoxy) is 1. The number of sulfone groups is 1. The summed E-state index contributed by atoms with van der Waals surface area (Å²) in [5.41, 5.74) is 0.588. The fourth-order valence-corrected chi connectivity index (χ4v) is 3.44. The zero-order chi connectivity index (χ0) is 18.0. The minimum absolute atomic E-state index is 0.0426. The van der Waals surface area contributed by atoms with Gasteiger partial charge in [-0.25, -0.2) is 18.1 Å². The average molecular weight is 389 g/mol. The van der Waals surface area contributed by atoms with Gasteiger partial charge in [-0.1, -0.05) is 31.2 Å². The third-order valence-corrected chi connectivity index (χ3v) is 6.06. The van der Waals surface area contributed by atoms with Crippen molar-refractivity contribution < 1.29 is 13.2 Å². The molecule has 0 saturated carbocycles. The van der Waals surface area contributed by atoms with Crippen LogP contribution in [0.1, 0.15) is 0 Å². The van der Waals surface area contributed by atoms with Crippen LogP contribution in [-0.4, -0.2) is 49.1 Å². The summed E-state index contributed by atoms with van der Waals surface area (Å²) < 4.78 is 30.7. The first-order valence-corrected chi connectivity index (χ1v) is 13.4. The molecule has 2 aromatic rings. The Balaban J connectivity index is 2.21. The molecule has 24 heavy (non-hydrogen) atoms. The summed E-state index contributed by atoms with van der Waals surface area (Å²) >= 11 is 5.76. The van der Waals surface area contributed by atoms with Crippen molar-refractivity contribution in [2.24, 2.45) is 0 Å². The fourth-order valence-electron chi connectivity index (χ4n) is 1.85. The van der Waals surface area contributed by atoms with Gasteiger partial charge in [-0.2, -0.15) is 4.98 Å². The van der Waals surface area contributed by atoms with E-state index in [0.29, 0.717) is 17.3 Å². The van der Waals surface area contributed by atoms with Gasteiger partial charge in [0.05, 0.1) is 0 Å². The van der Waals surface area contributed by atoms with Crippen LogP contribution in [0.25, 0.3) is 11.4 Å². The molecule has 0 unspecified atom stereocenters. The molecule has 0 spiro atoms. The maximum absolute atomic E-state index is 11.9. The second kappa shape index (κ2) is 7.30. The lowest BCUT2D eigenvalue weighted by Gasteiger charge is -2.15. The molecule has 2 heterocycles. The van der Waals surface area contributed by atoms with Crippen molar-refractivity contribution in [2.45, 2.75) is 37.6 Å². The second-order valence-electron chi connectivity index (χ2n) is 6.71. The number of hydrogen-bond donors (Lipinski definition) is 0. The molecule has 0 aromatic carbocycles. The molecule has 2 aromatic heterocycles. The molecule has 0 aliphatic heterocycles. The van der Waals surface area contributed by atoms with E-state index in [1.54, 1.807) is 12.1 Å². The molecular weight excluding hydrogens is 368 g/mol. The molecule has 0 aliphatic rings. The van der Waals surface area contributed by atoms with E-state index in [4.69, 9.17) is 16.3 Å². The van der Waals surface area contributed by atoms with Crippen LogP contribution >= 0.6 is 11.6 Å². The van der Waals surface area contributed by atoms with E-state index in [1.165, 1.54) is 10.9 Å². The van der Waals surface area contributed by atoms with Gasteiger partial charge in [0.25, 0.3) is 0 Å². The van der Waals surface area contributed by atoms with Crippen molar-refractivity contribution in [3.63, 3.8) is 0 Å². The molecule has 0 amide bonds. The van der Waals surface area contributed by atoms with Gasteiger partial charge in [0.1, 0.15) is 11.9 Å². The van der Waals surface area contributed by atoms with Gasteiger partial charge in [-0.05, 0) is 18.2 Å². The molecule has 0 aliphatic carbocycles. The Kier molecular flexibility index (Phi) is 5.79. The number of rotatable bonds is 7. The molecule has 0 saturated heterocycles. The van der Waals surface area contributed by atoms with Gasteiger partial charge < -0.3 is 4.74 Å². The predicted molar refractivity (Wildman–Crippen MR) is 95.5 cm³/mol. The van der Waals surface area contributed by atoms with Crippen LogP contribution in [0.5, 0.6) is 0 Å². The molecule has 0 radical (unpaired) electrons. The Labute approximate surface area is 148 Å². The van der Waals surface area contributed by atoms with Gasteiger partial charge >= 0.3 is 0 Å². The summed E-state index contributed by atoms with van der Waals surface area (Å²) in [6, 6.07) is 4.28. The molecule has 2 rings (SSSR count). The normalized spacial score (nSPS) is 12.5. The van der Waals surface area contributed by atoms with Gasteiger partial charge in [-0.15, -0.1) is 5.10 Å². The van der Waals surface area contributed by atoms with Crippen molar-refractivity contribution in [1.82, 2.24) is 19.7 Å². The smallest absolute Gasteiger partial charge is 0.248 e. The monoisotopic (exact) mass is 388 g/mol. The molecule has 7 nitrogen and oxygen atoms in total. The minimum atomic E-state index is -3.52. The Morgan fingerprint density at radius 1 is 1.29 bits per heavy atom. The minimum Gasteiger partial charge on any atom is -0.359 e. The van der Waals surface area contributed by atoms with E-state index in [0.717, 1.165) is 12.3 Å². The SMILES string of the molecule is C[Si](C)(C)CCOCn1nc(-c2ccc(Cl)nc2)nc1S(C)(=O)=O. The van der Waals surface area contributed by atoms with Crippen molar-refractivity contribution in [2.75, 3.05) is 12.9 Å². The van der Waals surface area contributed by atoms with Gasteiger partial charge in [-0.3, -0.25) is 0 Å². The summed E-state index contributed by atoms with van der Waals surface area (Å²) in [5, 5.41) is 4.46. The van der Waals surface area contributed by atoms with E-state index in [2.05, 4.69) is 34.7 Å². The van der Waals surface area contributed by atoms with Crippen LogP contribution in [0.2, 0.25) is 30.8 Å². The highest BCUT2D eigenvalue weighted by Crippen LogP contribution is 2.19. The number of nitrogens with zero attached hydrogens (tertiary/aromatic N) is 4. The van der Waals surface area contributed by atoms with E-state index >= 15 is 0 Å². The Hall–Kier alpha value is -1.29. The standard InChI is InChI=1S/C14H21ClN4O3SSi/c1-23(20,21)14-17-13(11-5-6-12(15)16-9-11)18-19(14)10-22-7-8-24(2,3)4/h5-6,9H,7-8,10H2,1-4H3. The van der Waals surface area contributed by atoms with Crippen LogP contribution in [0.15, 0.2) is 23.5 Å². The predicted octanol–water partition coefficient (Wildman–Crippen LogP) is 2.71. The summed E-state index contributed by atoms with van der Waals surface area (Å²) in [6.07, 6.45) is 2.60. The van der Waals surface area contributed by atoms with Crippen LogP contribution in [0.3, 0.4) is 0 Å². The third-order valence-electron chi connectivity index (χ3n) is 3.16. The second-order valence-corrected chi connectivity index (χ2v) is 14.6. The Morgan fingerprint density at radius 2 is 2.00 bits per heavy atom. The van der Waals surface area contributed by atoms with E-state index < -0.39 is 17.9 Å². The highest BCUT2D eigenvalue weighted by atomic mass is 35.5. The first kappa shape index (κ1) is 19.0. The summed E-state index contributed by atoms with van der Waals surface area (Å²) in [4.78, 5) is 8.08. The molecule has 0 fully saturated rings. The lowest BCUT2D eigenvalue weighted by Crippen LogP contribution is -2.22. The van der Waals surface area contributed by atoms with E-state index in [9.17, 15) is 8.42 Å². The van der Waals surface area contributed by atoms with Gasteiger partial charge in [0, 0.05) is 32.7 Å². The van der Waals surface area contributed by atoms with Gasteiger partial charge in [0.15, 0.2) is 5.82 Å². The zero-order valence-corrected chi connectivity index (χ0v) is 16.7. The van der Waals surface area contributed by atoms with E-state index in [1.807, 2.05) is 0 Å². The molecule has 132 valence electrons. The lowest BCUT2D eigenvalue weighted by atomic mass is 10.3. The van der Waals surface area contributed by atoms with Crippen molar-refractivity contribution in [3.8, 4) is 11.4 Å². The highest BCUT2D eigenvalue weighted by Gasteiger charge is 2.21. The zero-order valence-electron chi connectivity index (χ0n) is 14.2. The molecule has 10 heteroatoms. The van der Waals surface area contributed by atoms with Crippen molar-refractivity contribution >= 4 is 29.5 Å². The molecule has 0 N–H and O–H groups in total. The molecule has 0 bridgehead atoms. The number of halogens is 1. The van der Waals surface area contributed by atoms with Crippen molar-refractivity contribution in [3.05, 3.63) is 23.5 Å². The number of pyridine rings is 1. The number of aromatic nitrogens is 4. The Bertz CT molecular complexity index is 800. The summed E-state index contributed by atoms with van der Waals surface area (Å²) in [7, 11) is -4.73. The first-order chi connectivity index (χ1) is 11.1. The average Bonchev–Trinajstić information content (AvgIpc) is 2.88. The van der Waals surface area contributed by atoms with Crippen LogP contribution in [0, 0.1) is 0 Å². The lowest BCUT2D eigenvalue weighted by molar-refractivity contribution is 0.0715. The maximum Gasteiger partial charge on any atom is 0.248 e. The quantitative estimate of drug-likeness (QED) is 0.411. The number of hydrogen-bond acceptors (Lipinski definition) is 6. The van der Waals surface area contributed by atoms with Crippen LogP contribution in [0.4, 0.5) is 0 Å². The highest BCUT2D eigenvalue weighted by molar-refractivity contribution is 7.90. The molecule has 0 atom stereocenters. The summed E-state index contributed by atoms with van der Waals surface area (Å²) in [6.45, 7) is 7.36. The van der Waals surface area contributed by atoms with E-state index in [-0.39, 0.29) is 17.7 Å². The topological polar surface area (TPSA) is 87.0 Å². The van der Waals surface area contributed by atoms with Crippen LogP contribution < -0.4 is 0 Å².